The van der Waals surface area contributed by atoms with Gasteiger partial charge in [0.25, 0.3) is 5.91 Å². The van der Waals surface area contributed by atoms with Crippen LogP contribution in [0.3, 0.4) is 0 Å². The number of carbonyl (C=O) groups is 1. The Morgan fingerprint density at radius 1 is 1.03 bits per heavy atom. The fourth-order valence-corrected chi connectivity index (χ4v) is 7.68. The lowest BCUT2D eigenvalue weighted by Crippen LogP contribution is -2.50. The third-order valence-electron chi connectivity index (χ3n) is 5.83. The summed E-state index contributed by atoms with van der Waals surface area (Å²) in [6.07, 6.45) is 0. The molecule has 0 unspecified atom stereocenters. The predicted octanol–water partition coefficient (Wildman–Crippen LogP) is 7.33. The van der Waals surface area contributed by atoms with Crippen molar-refractivity contribution < 1.29 is 9.53 Å². The van der Waals surface area contributed by atoms with E-state index in [9.17, 15) is 4.79 Å². The molecule has 0 saturated carbocycles. The van der Waals surface area contributed by atoms with Crippen molar-refractivity contribution in [2.45, 2.75) is 26.3 Å². The Kier molecular flexibility index (Phi) is 4.96. The lowest BCUT2D eigenvalue weighted by atomic mass is 9.86. The third kappa shape index (κ3) is 3.21. The highest BCUT2D eigenvalue weighted by Crippen LogP contribution is 2.53. The predicted molar refractivity (Wildman–Crippen MR) is 133 cm³/mol. The van der Waals surface area contributed by atoms with Gasteiger partial charge in [-0.15, -0.1) is 0 Å². The van der Waals surface area contributed by atoms with Gasteiger partial charge in [-0.2, -0.15) is 0 Å². The number of anilines is 1. The molecule has 0 radical (unpaired) electrons. The Labute approximate surface area is 193 Å². The molecule has 0 spiro atoms. The minimum absolute atomic E-state index is 0.0317. The molecule has 4 aromatic rings. The van der Waals surface area contributed by atoms with E-state index in [4.69, 9.17) is 17.0 Å². The third-order valence-corrected chi connectivity index (χ3v) is 9.16. The minimum atomic E-state index is -0.508. The summed E-state index contributed by atoms with van der Waals surface area (Å²) >= 11 is 5.66. The van der Waals surface area contributed by atoms with E-state index >= 15 is 0 Å². The van der Waals surface area contributed by atoms with E-state index < -0.39 is 5.54 Å². The standard InChI is InChI=1S/C25H21NO2S3/c1-15-8-6-12-18-21-23(30-31-24(21)29)25(2,3)26(22(15)18)20(27)14-28-19-13-7-10-16-9-4-5-11-17(16)19/h4-13H,14H2,1-3H3. The van der Waals surface area contributed by atoms with E-state index in [1.54, 1.807) is 20.7 Å². The quantitative estimate of drug-likeness (QED) is 0.235. The number of benzene rings is 3. The van der Waals surface area contributed by atoms with Gasteiger partial charge in [0.1, 0.15) is 9.57 Å². The summed E-state index contributed by atoms with van der Waals surface area (Å²) in [5.74, 6) is 0.654. The van der Waals surface area contributed by atoms with Crippen LogP contribution in [0.25, 0.3) is 21.9 Å². The van der Waals surface area contributed by atoms with Gasteiger partial charge in [0, 0.05) is 16.5 Å². The molecule has 5 rings (SSSR count). The monoisotopic (exact) mass is 463 g/mol. The highest BCUT2D eigenvalue weighted by Gasteiger charge is 2.43. The number of carbonyl (C=O) groups excluding carboxylic acids is 1. The molecule has 0 N–H and O–H groups in total. The maximum Gasteiger partial charge on any atom is 0.265 e. The number of nitrogens with zero attached hydrogens (tertiary/aromatic N) is 1. The van der Waals surface area contributed by atoms with E-state index in [2.05, 4.69) is 19.9 Å². The van der Waals surface area contributed by atoms with Crippen LogP contribution in [-0.4, -0.2) is 12.5 Å². The van der Waals surface area contributed by atoms with E-state index in [0.29, 0.717) is 0 Å². The van der Waals surface area contributed by atoms with E-state index in [1.807, 2.05) is 66.4 Å². The van der Waals surface area contributed by atoms with E-state index in [1.165, 1.54) is 0 Å². The van der Waals surface area contributed by atoms with Gasteiger partial charge in [-0.1, -0.05) is 87.5 Å². The average Bonchev–Trinajstić information content (AvgIpc) is 3.15. The lowest BCUT2D eigenvalue weighted by molar-refractivity contribution is -0.121. The second kappa shape index (κ2) is 7.55. The molecular formula is C25H21NO2S3. The number of ether oxygens (including phenoxy) is 1. The zero-order chi connectivity index (χ0) is 21.8. The molecule has 0 fully saturated rings. The number of para-hydroxylation sites is 1. The maximum absolute atomic E-state index is 13.6. The zero-order valence-corrected chi connectivity index (χ0v) is 19.9. The Bertz CT molecular complexity index is 1380. The van der Waals surface area contributed by atoms with Gasteiger partial charge in [-0.25, -0.2) is 0 Å². The first kappa shape index (κ1) is 20.4. The number of amides is 1. The molecule has 0 atom stereocenters. The van der Waals surface area contributed by atoms with Crippen LogP contribution in [0.4, 0.5) is 5.69 Å². The number of fused-ring (bicyclic) bond motifs is 4. The van der Waals surface area contributed by atoms with Crippen molar-refractivity contribution in [3.63, 3.8) is 0 Å². The summed E-state index contributed by atoms with van der Waals surface area (Å²) in [5, 5.41) is 2.10. The average molecular weight is 464 g/mol. The Morgan fingerprint density at radius 2 is 1.77 bits per heavy atom. The smallest absolute Gasteiger partial charge is 0.265 e. The lowest BCUT2D eigenvalue weighted by Gasteiger charge is -2.43. The summed E-state index contributed by atoms with van der Waals surface area (Å²) in [6, 6.07) is 20.1. The Balaban J connectivity index is 1.55. The van der Waals surface area contributed by atoms with Gasteiger partial charge in [0.05, 0.1) is 16.1 Å². The molecule has 6 heteroatoms. The van der Waals surface area contributed by atoms with Gasteiger partial charge in [-0.05, 0) is 37.8 Å². The van der Waals surface area contributed by atoms with Crippen LogP contribution >= 0.6 is 32.9 Å². The minimum Gasteiger partial charge on any atom is -0.483 e. The molecule has 0 aliphatic carbocycles. The molecule has 31 heavy (non-hydrogen) atoms. The summed E-state index contributed by atoms with van der Waals surface area (Å²) in [5.41, 5.74) is 3.62. The van der Waals surface area contributed by atoms with Gasteiger partial charge in [-0.3, -0.25) is 9.69 Å². The van der Waals surface area contributed by atoms with Crippen molar-refractivity contribution in [1.29, 1.82) is 0 Å². The molecular weight excluding hydrogens is 442 g/mol. The van der Waals surface area contributed by atoms with Crippen LogP contribution in [0, 0.1) is 10.7 Å². The first-order valence-electron chi connectivity index (χ1n) is 10.1. The Morgan fingerprint density at radius 3 is 2.61 bits per heavy atom. The van der Waals surface area contributed by atoms with E-state index in [0.717, 1.165) is 47.6 Å². The van der Waals surface area contributed by atoms with Crippen LogP contribution in [0.15, 0.2) is 60.7 Å². The molecule has 156 valence electrons. The van der Waals surface area contributed by atoms with Gasteiger partial charge < -0.3 is 4.74 Å². The molecule has 1 aliphatic heterocycles. The van der Waals surface area contributed by atoms with Crippen LogP contribution in [0.2, 0.25) is 0 Å². The molecule has 0 saturated heterocycles. The SMILES string of the molecule is Cc1cccc2c1N(C(=O)COc1cccc3ccccc13)C(C)(C)c1ssc(=S)c1-2. The van der Waals surface area contributed by atoms with Crippen LogP contribution in [0.1, 0.15) is 24.3 Å². The molecule has 1 aliphatic rings. The number of rotatable bonds is 3. The van der Waals surface area contributed by atoms with Gasteiger partial charge in [0.15, 0.2) is 6.61 Å². The number of hydrogen-bond donors (Lipinski definition) is 0. The van der Waals surface area contributed by atoms with Crippen molar-refractivity contribution in [1.82, 2.24) is 0 Å². The summed E-state index contributed by atoms with van der Waals surface area (Å²) < 4.78 is 6.96. The fourth-order valence-electron chi connectivity index (χ4n) is 4.40. The largest absolute Gasteiger partial charge is 0.483 e. The first-order chi connectivity index (χ1) is 14.9. The molecule has 1 amide bonds. The van der Waals surface area contributed by atoms with Gasteiger partial charge in [0.2, 0.25) is 0 Å². The molecule has 1 aromatic heterocycles. The Hall–Kier alpha value is -2.54. The number of hydrogen-bond acceptors (Lipinski definition) is 5. The van der Waals surface area contributed by atoms with Crippen LogP contribution in [0.5, 0.6) is 5.75 Å². The van der Waals surface area contributed by atoms with E-state index in [-0.39, 0.29) is 12.5 Å². The van der Waals surface area contributed by atoms with Crippen LogP contribution in [-0.2, 0) is 10.3 Å². The molecule has 0 bridgehead atoms. The molecule has 3 aromatic carbocycles. The van der Waals surface area contributed by atoms with Crippen molar-refractivity contribution in [2.75, 3.05) is 11.5 Å². The maximum atomic E-state index is 13.6. The van der Waals surface area contributed by atoms with Crippen molar-refractivity contribution in [3.8, 4) is 16.9 Å². The molecule has 2 heterocycles. The fraction of sp³-hybridized carbons (Fsp3) is 0.200. The summed E-state index contributed by atoms with van der Waals surface area (Å²) in [4.78, 5) is 16.7. The topological polar surface area (TPSA) is 29.5 Å². The highest BCUT2D eigenvalue weighted by molar-refractivity contribution is 7.80. The highest BCUT2D eigenvalue weighted by atomic mass is 32.9. The van der Waals surface area contributed by atoms with Crippen molar-refractivity contribution in [3.05, 3.63) is 74.9 Å². The second-order valence-electron chi connectivity index (χ2n) is 8.18. The second-order valence-corrected chi connectivity index (χ2v) is 11.0. The van der Waals surface area contributed by atoms with Crippen LogP contribution < -0.4 is 9.64 Å². The summed E-state index contributed by atoms with van der Waals surface area (Å²) in [6.45, 7) is 6.20. The first-order valence-corrected chi connectivity index (χ1v) is 12.6. The summed E-state index contributed by atoms with van der Waals surface area (Å²) in [7, 11) is 3.27. The zero-order valence-electron chi connectivity index (χ0n) is 17.5. The molecule has 3 nitrogen and oxygen atoms in total. The normalized spacial score (nSPS) is 14.2. The van der Waals surface area contributed by atoms with Gasteiger partial charge >= 0.3 is 0 Å². The van der Waals surface area contributed by atoms with Crippen molar-refractivity contribution in [2.24, 2.45) is 0 Å². The van der Waals surface area contributed by atoms with Crippen molar-refractivity contribution >= 4 is 55.3 Å². The number of aryl methyl sites for hydroxylation is 1.